The number of likely N-dealkylation sites (N-methyl/N-ethyl adjacent to an activating group) is 1. The standard InChI is InChI=1S/C32H44N2O3/c1-3-5-6-11-26-15-17-28(18-16-26)30(35)34-22-20-32(21-23-34)19-10-9-13-27-12-7-8-14-29(27)37-25-24-33(4-2)31(32)36/h7-8,12,14-18H,3-6,9-11,13,19-25H2,1-2H3. The number of benzene rings is 2. The maximum Gasteiger partial charge on any atom is 0.253 e. The van der Waals surface area contributed by atoms with Crippen LogP contribution < -0.4 is 4.74 Å². The zero-order valence-electron chi connectivity index (χ0n) is 22.8. The molecule has 2 aromatic carbocycles. The maximum atomic E-state index is 13.9. The molecule has 0 aliphatic carbocycles. The third-order valence-electron chi connectivity index (χ3n) is 8.34. The Bertz CT molecular complexity index is 1020. The summed E-state index contributed by atoms with van der Waals surface area (Å²) in [7, 11) is 0. The summed E-state index contributed by atoms with van der Waals surface area (Å²) < 4.78 is 6.10. The molecule has 0 bridgehead atoms. The van der Waals surface area contributed by atoms with Gasteiger partial charge in [-0.2, -0.15) is 0 Å². The van der Waals surface area contributed by atoms with Crippen molar-refractivity contribution in [2.45, 2.75) is 78.1 Å². The van der Waals surface area contributed by atoms with Crippen molar-refractivity contribution in [3.8, 4) is 5.75 Å². The van der Waals surface area contributed by atoms with Gasteiger partial charge in [-0.1, -0.05) is 56.5 Å². The number of hydrogen-bond acceptors (Lipinski definition) is 3. The molecule has 2 aliphatic heterocycles. The summed E-state index contributed by atoms with van der Waals surface area (Å²) in [4.78, 5) is 31.1. The summed E-state index contributed by atoms with van der Waals surface area (Å²) in [5, 5.41) is 0. The van der Waals surface area contributed by atoms with Gasteiger partial charge in [-0.25, -0.2) is 0 Å². The summed E-state index contributed by atoms with van der Waals surface area (Å²) in [5.74, 6) is 1.28. The molecule has 4 rings (SSSR count). The Morgan fingerprint density at radius 2 is 1.68 bits per heavy atom. The number of aryl methyl sites for hydroxylation is 2. The van der Waals surface area contributed by atoms with Crippen molar-refractivity contribution >= 4 is 11.8 Å². The Morgan fingerprint density at radius 1 is 0.919 bits per heavy atom. The van der Waals surface area contributed by atoms with Crippen molar-refractivity contribution in [2.24, 2.45) is 5.41 Å². The predicted molar refractivity (Wildman–Crippen MR) is 149 cm³/mol. The smallest absolute Gasteiger partial charge is 0.253 e. The van der Waals surface area contributed by atoms with E-state index in [2.05, 4.69) is 38.1 Å². The average molecular weight is 505 g/mol. The number of carbonyl (C=O) groups excluding carboxylic acids is 2. The highest BCUT2D eigenvalue weighted by Crippen LogP contribution is 2.39. The lowest BCUT2D eigenvalue weighted by molar-refractivity contribution is -0.145. The number of carbonyl (C=O) groups is 2. The molecule has 0 radical (unpaired) electrons. The van der Waals surface area contributed by atoms with E-state index < -0.39 is 0 Å². The topological polar surface area (TPSA) is 49.9 Å². The van der Waals surface area contributed by atoms with Crippen LogP contribution >= 0.6 is 0 Å². The van der Waals surface area contributed by atoms with Crippen molar-refractivity contribution in [1.82, 2.24) is 9.80 Å². The van der Waals surface area contributed by atoms with E-state index in [-0.39, 0.29) is 17.2 Å². The lowest BCUT2D eigenvalue weighted by atomic mass is 9.73. The first kappa shape index (κ1) is 27.2. The van der Waals surface area contributed by atoms with Crippen LogP contribution in [0, 0.1) is 5.41 Å². The van der Waals surface area contributed by atoms with Crippen LogP contribution in [0.4, 0.5) is 0 Å². The van der Waals surface area contributed by atoms with E-state index in [1.165, 1.54) is 30.4 Å². The second kappa shape index (κ2) is 13.1. The largest absolute Gasteiger partial charge is 0.491 e. The molecular formula is C32H44N2O3. The van der Waals surface area contributed by atoms with Gasteiger partial charge in [0.25, 0.3) is 5.91 Å². The monoisotopic (exact) mass is 504 g/mol. The van der Waals surface area contributed by atoms with E-state index in [9.17, 15) is 9.59 Å². The summed E-state index contributed by atoms with van der Waals surface area (Å²) in [6.45, 7) is 7.33. The molecule has 5 heteroatoms. The summed E-state index contributed by atoms with van der Waals surface area (Å²) >= 11 is 0. The minimum absolute atomic E-state index is 0.0907. The fraction of sp³-hybridized carbons (Fsp3) is 0.562. The van der Waals surface area contributed by atoms with Gasteiger partial charge in [-0.05, 0) is 81.2 Å². The first-order valence-corrected chi connectivity index (χ1v) is 14.4. The lowest BCUT2D eigenvalue weighted by Crippen LogP contribution is -2.52. The highest BCUT2D eigenvalue weighted by molar-refractivity contribution is 5.94. The van der Waals surface area contributed by atoms with Crippen molar-refractivity contribution in [2.75, 3.05) is 32.8 Å². The average Bonchev–Trinajstić information content (AvgIpc) is 2.94. The van der Waals surface area contributed by atoms with E-state index in [0.29, 0.717) is 32.8 Å². The molecule has 2 aliphatic rings. The zero-order valence-corrected chi connectivity index (χ0v) is 22.8. The molecule has 2 amide bonds. The number of nitrogens with zero attached hydrogens (tertiary/aromatic N) is 2. The van der Waals surface area contributed by atoms with Crippen molar-refractivity contribution < 1.29 is 14.3 Å². The van der Waals surface area contributed by atoms with E-state index in [4.69, 9.17) is 4.74 Å². The number of likely N-dealkylation sites (tertiary alicyclic amines) is 1. The van der Waals surface area contributed by atoms with Gasteiger partial charge >= 0.3 is 0 Å². The van der Waals surface area contributed by atoms with Crippen LogP contribution in [0.3, 0.4) is 0 Å². The van der Waals surface area contributed by atoms with E-state index >= 15 is 0 Å². The van der Waals surface area contributed by atoms with Crippen LogP contribution in [0.2, 0.25) is 0 Å². The van der Waals surface area contributed by atoms with Gasteiger partial charge in [0.15, 0.2) is 0 Å². The maximum absolute atomic E-state index is 13.9. The van der Waals surface area contributed by atoms with E-state index in [1.807, 2.05) is 34.1 Å². The van der Waals surface area contributed by atoms with Gasteiger partial charge < -0.3 is 14.5 Å². The highest BCUT2D eigenvalue weighted by Gasteiger charge is 2.43. The molecule has 0 N–H and O–H groups in total. The minimum atomic E-state index is -0.380. The van der Waals surface area contributed by atoms with Crippen molar-refractivity contribution in [1.29, 1.82) is 0 Å². The Hall–Kier alpha value is -2.82. The lowest BCUT2D eigenvalue weighted by Gasteiger charge is -2.43. The zero-order chi connectivity index (χ0) is 26.1. The first-order chi connectivity index (χ1) is 18.1. The van der Waals surface area contributed by atoms with Gasteiger partial charge in [0.05, 0.1) is 12.0 Å². The Morgan fingerprint density at radius 3 is 2.41 bits per heavy atom. The van der Waals surface area contributed by atoms with Gasteiger partial charge in [0, 0.05) is 25.2 Å². The molecule has 1 spiro atoms. The van der Waals surface area contributed by atoms with Crippen LogP contribution in [-0.4, -0.2) is 54.4 Å². The Kier molecular flexibility index (Phi) is 9.65. The summed E-state index contributed by atoms with van der Waals surface area (Å²) in [5.41, 5.74) is 2.93. The van der Waals surface area contributed by atoms with E-state index in [1.54, 1.807) is 0 Å². The van der Waals surface area contributed by atoms with Crippen molar-refractivity contribution in [3.63, 3.8) is 0 Å². The SMILES string of the molecule is CCCCCc1ccc(C(=O)N2CCC3(CCCCc4ccccc4OCCN(CC)C3=O)CC2)cc1. The number of rotatable bonds is 6. The summed E-state index contributed by atoms with van der Waals surface area (Å²) in [6, 6.07) is 16.4. The van der Waals surface area contributed by atoms with Crippen LogP contribution in [0.1, 0.15) is 86.7 Å². The fourth-order valence-electron chi connectivity index (χ4n) is 5.92. The van der Waals surface area contributed by atoms with Crippen LogP contribution in [-0.2, 0) is 17.6 Å². The third-order valence-corrected chi connectivity index (χ3v) is 8.34. The molecule has 37 heavy (non-hydrogen) atoms. The molecule has 1 fully saturated rings. The molecule has 0 atom stereocenters. The molecule has 200 valence electrons. The highest BCUT2D eigenvalue weighted by atomic mass is 16.5. The quantitative estimate of drug-likeness (QED) is 0.434. The van der Waals surface area contributed by atoms with Crippen molar-refractivity contribution in [3.05, 3.63) is 65.2 Å². The van der Waals surface area contributed by atoms with Gasteiger partial charge in [-0.3, -0.25) is 9.59 Å². The number of hydrogen-bond donors (Lipinski definition) is 0. The normalized spacial score (nSPS) is 18.5. The predicted octanol–water partition coefficient (Wildman–Crippen LogP) is 6.30. The molecule has 5 nitrogen and oxygen atoms in total. The first-order valence-electron chi connectivity index (χ1n) is 14.4. The van der Waals surface area contributed by atoms with Crippen LogP contribution in [0.15, 0.2) is 48.5 Å². The fourth-order valence-corrected chi connectivity index (χ4v) is 5.92. The number of unbranched alkanes of at least 4 members (excludes halogenated alkanes) is 2. The number of para-hydroxylation sites is 1. The van der Waals surface area contributed by atoms with Gasteiger partial charge in [-0.15, -0.1) is 0 Å². The molecule has 1 saturated heterocycles. The third kappa shape index (κ3) is 6.74. The molecule has 2 aromatic rings. The van der Waals surface area contributed by atoms with E-state index in [0.717, 1.165) is 56.3 Å². The van der Waals surface area contributed by atoms with Crippen LogP contribution in [0.5, 0.6) is 5.75 Å². The van der Waals surface area contributed by atoms with Gasteiger partial charge in [0.1, 0.15) is 12.4 Å². The summed E-state index contributed by atoms with van der Waals surface area (Å²) in [6.07, 6.45) is 10.1. The van der Waals surface area contributed by atoms with Gasteiger partial charge in [0.2, 0.25) is 5.91 Å². The second-order valence-corrected chi connectivity index (χ2v) is 10.8. The van der Waals surface area contributed by atoms with Crippen LogP contribution in [0.25, 0.3) is 0 Å². The number of fused-ring (bicyclic) bond motifs is 1. The number of piperidine rings is 1. The minimum Gasteiger partial charge on any atom is -0.491 e. The molecule has 2 heterocycles. The number of ether oxygens (including phenoxy) is 1. The number of amides is 2. The second-order valence-electron chi connectivity index (χ2n) is 10.8. The molecule has 0 saturated carbocycles. The molecule has 0 aromatic heterocycles. The Balaban J connectivity index is 1.41. The Labute approximate surface area is 223 Å². The molecule has 0 unspecified atom stereocenters. The molecular weight excluding hydrogens is 460 g/mol.